The molecule has 0 bridgehead atoms. The Balaban J connectivity index is 2.09. The van der Waals surface area contributed by atoms with Gasteiger partial charge in [-0.3, -0.25) is 4.79 Å². The zero-order valence-corrected chi connectivity index (χ0v) is 13.3. The van der Waals surface area contributed by atoms with Crippen LogP contribution in [0, 0.1) is 0 Å². The quantitative estimate of drug-likeness (QED) is 0.752. The molecule has 24 heavy (non-hydrogen) atoms. The smallest absolute Gasteiger partial charge is 0.339 e. The molecule has 0 radical (unpaired) electrons. The number of nitrogens with one attached hydrogen (secondary N) is 3. The summed E-state index contributed by atoms with van der Waals surface area (Å²) in [6.45, 7) is 1.40. The van der Waals surface area contributed by atoms with Gasteiger partial charge in [0.15, 0.2) is 0 Å². The molecule has 0 aliphatic heterocycles. The Bertz CT molecular complexity index is 774. The maximum Gasteiger partial charge on any atom is 0.339 e. The Morgan fingerprint density at radius 3 is 2.21 bits per heavy atom. The Labute approximate surface area is 139 Å². The Hall–Kier alpha value is -3.35. The Morgan fingerprint density at radius 2 is 1.54 bits per heavy atom. The van der Waals surface area contributed by atoms with E-state index in [9.17, 15) is 14.4 Å². The van der Waals surface area contributed by atoms with E-state index < -0.39 is 12.0 Å². The van der Waals surface area contributed by atoms with Crippen molar-refractivity contribution in [1.82, 2.24) is 0 Å². The van der Waals surface area contributed by atoms with Gasteiger partial charge in [0.2, 0.25) is 5.91 Å². The van der Waals surface area contributed by atoms with Crippen LogP contribution in [0.5, 0.6) is 0 Å². The van der Waals surface area contributed by atoms with Crippen LogP contribution in [0.15, 0.2) is 48.5 Å². The lowest BCUT2D eigenvalue weighted by Gasteiger charge is -2.11. The van der Waals surface area contributed by atoms with E-state index in [0.29, 0.717) is 17.1 Å². The standard InChI is InChI=1S/C17H17N3O4/c1-11(21)18-12-6-5-7-13(10-12)19-17(23)20-15-9-4-3-8-14(15)16(22)24-2/h3-10H,1-2H3,(H,18,21)(H2,19,20,23). The molecule has 3 N–H and O–H groups in total. The highest BCUT2D eigenvalue weighted by Crippen LogP contribution is 2.18. The van der Waals surface area contributed by atoms with Crippen LogP contribution in [0.3, 0.4) is 0 Å². The van der Waals surface area contributed by atoms with Crippen LogP contribution in [0.1, 0.15) is 17.3 Å². The summed E-state index contributed by atoms with van der Waals surface area (Å²) >= 11 is 0. The van der Waals surface area contributed by atoms with E-state index in [1.54, 1.807) is 48.5 Å². The minimum absolute atomic E-state index is 0.205. The third-order valence-electron chi connectivity index (χ3n) is 3.02. The number of urea groups is 1. The van der Waals surface area contributed by atoms with Gasteiger partial charge < -0.3 is 20.7 Å². The fourth-order valence-corrected chi connectivity index (χ4v) is 2.04. The maximum atomic E-state index is 12.1. The molecule has 0 fully saturated rings. The summed E-state index contributed by atoms with van der Waals surface area (Å²) < 4.78 is 4.68. The number of rotatable bonds is 4. The van der Waals surface area contributed by atoms with Gasteiger partial charge in [-0.15, -0.1) is 0 Å². The zero-order chi connectivity index (χ0) is 17.5. The topological polar surface area (TPSA) is 96.5 Å². The molecule has 0 aromatic heterocycles. The van der Waals surface area contributed by atoms with Crippen LogP contribution < -0.4 is 16.0 Å². The number of amides is 3. The van der Waals surface area contributed by atoms with Gasteiger partial charge in [-0.05, 0) is 30.3 Å². The van der Waals surface area contributed by atoms with Crippen LogP contribution in [-0.4, -0.2) is 25.0 Å². The highest BCUT2D eigenvalue weighted by molar-refractivity contribution is 6.05. The van der Waals surface area contributed by atoms with Crippen molar-refractivity contribution in [3.63, 3.8) is 0 Å². The highest BCUT2D eigenvalue weighted by atomic mass is 16.5. The number of hydrogen-bond acceptors (Lipinski definition) is 4. The van der Waals surface area contributed by atoms with E-state index in [4.69, 9.17) is 0 Å². The summed E-state index contributed by atoms with van der Waals surface area (Å²) in [6, 6.07) is 12.7. The number of ether oxygens (including phenoxy) is 1. The third-order valence-corrected chi connectivity index (χ3v) is 3.02. The maximum absolute atomic E-state index is 12.1. The van der Waals surface area contributed by atoms with Crippen LogP contribution in [0.4, 0.5) is 21.9 Å². The molecule has 2 aromatic carbocycles. The predicted octanol–water partition coefficient (Wildman–Crippen LogP) is 3.08. The van der Waals surface area contributed by atoms with Gasteiger partial charge in [0.05, 0.1) is 18.4 Å². The number of benzene rings is 2. The fourth-order valence-electron chi connectivity index (χ4n) is 2.04. The average molecular weight is 327 g/mol. The summed E-state index contributed by atoms with van der Waals surface area (Å²) in [5, 5.41) is 7.86. The summed E-state index contributed by atoms with van der Waals surface area (Å²) in [6.07, 6.45) is 0. The molecule has 2 rings (SSSR count). The van der Waals surface area contributed by atoms with Crippen LogP contribution in [0.2, 0.25) is 0 Å². The second-order valence-electron chi connectivity index (χ2n) is 4.88. The van der Waals surface area contributed by atoms with E-state index in [2.05, 4.69) is 20.7 Å². The molecule has 7 heteroatoms. The van der Waals surface area contributed by atoms with Gasteiger partial charge in [-0.25, -0.2) is 9.59 Å². The second kappa shape index (κ2) is 7.77. The molecule has 124 valence electrons. The third kappa shape index (κ3) is 4.57. The van der Waals surface area contributed by atoms with E-state index in [0.717, 1.165) is 0 Å². The molecule has 7 nitrogen and oxygen atoms in total. The average Bonchev–Trinajstić information content (AvgIpc) is 2.54. The number of anilines is 3. The molecule has 0 saturated carbocycles. The monoisotopic (exact) mass is 327 g/mol. The predicted molar refractivity (Wildman–Crippen MR) is 91.2 cm³/mol. The van der Waals surface area contributed by atoms with Crippen molar-refractivity contribution in [3.05, 3.63) is 54.1 Å². The van der Waals surface area contributed by atoms with Crippen molar-refractivity contribution >= 4 is 35.0 Å². The first-order chi connectivity index (χ1) is 11.5. The number of para-hydroxylation sites is 1. The molecule has 2 aromatic rings. The Kier molecular flexibility index (Phi) is 5.51. The van der Waals surface area contributed by atoms with E-state index in [1.807, 2.05) is 0 Å². The Morgan fingerprint density at radius 1 is 0.875 bits per heavy atom. The lowest BCUT2D eigenvalue weighted by atomic mass is 10.2. The number of esters is 1. The largest absolute Gasteiger partial charge is 0.465 e. The van der Waals surface area contributed by atoms with Gasteiger partial charge in [-0.1, -0.05) is 18.2 Å². The molecule has 0 saturated heterocycles. The van der Waals surface area contributed by atoms with E-state index in [-0.39, 0.29) is 11.5 Å². The van der Waals surface area contributed by atoms with E-state index >= 15 is 0 Å². The van der Waals surface area contributed by atoms with Gasteiger partial charge in [0.1, 0.15) is 0 Å². The summed E-state index contributed by atoms with van der Waals surface area (Å²) in [4.78, 5) is 34.9. The molecule has 0 aliphatic carbocycles. The first-order valence-corrected chi connectivity index (χ1v) is 7.12. The van der Waals surface area contributed by atoms with Crippen LogP contribution in [0.25, 0.3) is 0 Å². The van der Waals surface area contributed by atoms with Crippen molar-refractivity contribution in [2.75, 3.05) is 23.1 Å². The van der Waals surface area contributed by atoms with Crippen molar-refractivity contribution in [2.45, 2.75) is 6.92 Å². The zero-order valence-electron chi connectivity index (χ0n) is 13.3. The number of methoxy groups -OCH3 is 1. The lowest BCUT2D eigenvalue weighted by molar-refractivity contribution is -0.114. The molecule has 0 aliphatic rings. The summed E-state index contributed by atoms with van der Waals surface area (Å²) in [7, 11) is 1.27. The van der Waals surface area contributed by atoms with Gasteiger partial charge >= 0.3 is 12.0 Å². The fraction of sp³-hybridized carbons (Fsp3) is 0.118. The summed E-state index contributed by atoms with van der Waals surface area (Å²) in [5.74, 6) is -0.748. The van der Waals surface area contributed by atoms with Crippen molar-refractivity contribution in [3.8, 4) is 0 Å². The van der Waals surface area contributed by atoms with Crippen molar-refractivity contribution < 1.29 is 19.1 Å². The highest BCUT2D eigenvalue weighted by Gasteiger charge is 2.13. The first-order valence-electron chi connectivity index (χ1n) is 7.12. The summed E-state index contributed by atoms with van der Waals surface area (Å²) in [5.41, 5.74) is 1.64. The lowest BCUT2D eigenvalue weighted by Crippen LogP contribution is -2.21. The van der Waals surface area contributed by atoms with Crippen LogP contribution in [-0.2, 0) is 9.53 Å². The SMILES string of the molecule is COC(=O)c1ccccc1NC(=O)Nc1cccc(NC(C)=O)c1. The molecule has 3 amide bonds. The van der Waals surface area contributed by atoms with E-state index in [1.165, 1.54) is 14.0 Å². The van der Waals surface area contributed by atoms with Gasteiger partial charge in [0, 0.05) is 18.3 Å². The van der Waals surface area contributed by atoms with Crippen molar-refractivity contribution in [1.29, 1.82) is 0 Å². The van der Waals surface area contributed by atoms with Crippen LogP contribution >= 0.6 is 0 Å². The number of carbonyl (C=O) groups is 3. The molecule has 0 spiro atoms. The minimum atomic E-state index is -0.543. The molecule has 0 heterocycles. The molecule has 0 atom stereocenters. The molecular weight excluding hydrogens is 310 g/mol. The van der Waals surface area contributed by atoms with Gasteiger partial charge in [0.25, 0.3) is 0 Å². The molecule has 0 unspecified atom stereocenters. The second-order valence-corrected chi connectivity index (χ2v) is 4.88. The molecular formula is C17H17N3O4. The van der Waals surface area contributed by atoms with Gasteiger partial charge in [-0.2, -0.15) is 0 Å². The van der Waals surface area contributed by atoms with Crippen molar-refractivity contribution in [2.24, 2.45) is 0 Å². The normalized spacial score (nSPS) is 9.75. The minimum Gasteiger partial charge on any atom is -0.465 e. The number of hydrogen-bond donors (Lipinski definition) is 3. The first kappa shape index (κ1) is 17.0. The number of carbonyl (C=O) groups excluding carboxylic acids is 3.